The van der Waals surface area contributed by atoms with Crippen LogP contribution in [0.3, 0.4) is 0 Å². The number of fused-ring (bicyclic) bond motifs is 2. The Hall–Kier alpha value is -3.55. The van der Waals surface area contributed by atoms with E-state index in [2.05, 4.69) is 20.4 Å². The number of aromatic nitrogens is 5. The van der Waals surface area contributed by atoms with Gasteiger partial charge in [0.15, 0.2) is 11.6 Å². The van der Waals surface area contributed by atoms with E-state index in [0.717, 1.165) is 27.7 Å². The van der Waals surface area contributed by atoms with Gasteiger partial charge < -0.3 is 19.5 Å². The molecular formula is C22H21F6N7O. The second-order valence-corrected chi connectivity index (χ2v) is 8.59. The lowest BCUT2D eigenvalue weighted by Crippen LogP contribution is -2.53. The average molecular weight is 516 g/mol. The normalized spacial score (nSPS) is 20.0. The molecule has 1 aromatic carbocycles. The quantitative estimate of drug-likeness (QED) is 0.390. The number of likely N-dealkylation sites (tertiary alicyclic amines) is 1. The fraction of sp³-hybridized carbons (Fsp3) is 0.409. The van der Waals surface area contributed by atoms with Crippen molar-refractivity contribution in [3.05, 3.63) is 36.3 Å². The molecule has 14 heteroatoms. The molecule has 4 heterocycles. The maximum absolute atomic E-state index is 15.3. The van der Waals surface area contributed by atoms with Crippen molar-refractivity contribution in [2.24, 2.45) is 0 Å². The van der Waals surface area contributed by atoms with Gasteiger partial charge in [0, 0.05) is 6.54 Å². The van der Waals surface area contributed by atoms with Crippen LogP contribution in [-0.4, -0.2) is 74.6 Å². The summed E-state index contributed by atoms with van der Waals surface area (Å²) < 4.78 is 115. The molecule has 0 saturated carbocycles. The van der Waals surface area contributed by atoms with Crippen molar-refractivity contribution in [1.29, 1.82) is 0 Å². The smallest absolute Gasteiger partial charge is 0.280 e. The Kier molecular flexibility index (Phi) is 5.06. The van der Waals surface area contributed by atoms with E-state index < -0.39 is 67.5 Å². The maximum Gasteiger partial charge on any atom is 0.280 e. The van der Waals surface area contributed by atoms with Crippen LogP contribution in [0.25, 0.3) is 27.7 Å². The Morgan fingerprint density at radius 1 is 1.28 bits per heavy atom. The number of nitrogens with zero attached hydrogens (tertiary/aromatic N) is 6. The van der Waals surface area contributed by atoms with Gasteiger partial charge in [0.2, 0.25) is 11.8 Å². The first-order valence-corrected chi connectivity index (χ1v) is 10.8. The lowest BCUT2D eigenvalue weighted by atomic mass is 10.0. The molecule has 1 aliphatic rings. The molecule has 1 fully saturated rings. The zero-order chi connectivity index (χ0) is 28.3. The minimum atomic E-state index is -3.18. The van der Waals surface area contributed by atoms with E-state index in [4.69, 9.17) is 8.85 Å². The van der Waals surface area contributed by atoms with Crippen molar-refractivity contribution < 1.29 is 35.2 Å². The number of hydrogen-bond donors (Lipinski definition) is 1. The van der Waals surface area contributed by atoms with E-state index in [9.17, 15) is 22.0 Å². The lowest BCUT2D eigenvalue weighted by Gasteiger charge is -2.36. The van der Waals surface area contributed by atoms with Crippen LogP contribution in [-0.2, 0) is 6.54 Å². The predicted octanol–water partition coefficient (Wildman–Crippen LogP) is 4.05. The highest BCUT2D eigenvalue weighted by Gasteiger charge is 2.44. The number of nitrogens with one attached hydrogen (secondary N) is 1. The summed E-state index contributed by atoms with van der Waals surface area (Å²) in [6.07, 6.45) is -0.940. The van der Waals surface area contributed by atoms with Crippen LogP contribution in [0.5, 0.6) is 5.88 Å². The molecular weight excluding hydrogens is 492 g/mol. The number of halogens is 6. The molecule has 1 aliphatic heterocycles. The largest absolute Gasteiger partial charge is 0.479 e. The Morgan fingerprint density at radius 2 is 2.08 bits per heavy atom. The molecule has 0 spiro atoms. The molecule has 0 amide bonds. The second-order valence-electron chi connectivity index (χ2n) is 8.59. The Bertz CT molecular complexity index is 1540. The predicted molar refractivity (Wildman–Crippen MR) is 119 cm³/mol. The van der Waals surface area contributed by atoms with Crippen LogP contribution in [0.4, 0.5) is 32.3 Å². The summed E-state index contributed by atoms with van der Waals surface area (Å²) >= 11 is 0. The number of ether oxygens (including phenoxy) is 1. The second kappa shape index (κ2) is 8.84. The lowest BCUT2D eigenvalue weighted by molar-refractivity contribution is -0.0675. The third-order valence-electron chi connectivity index (χ3n) is 6.05. The SMILES string of the molecule is [2H]C([2H])([2H])Oc1nc(NC2CCN(C)CC2(F)F)nn2cc(F)c(-c3cc(F)c4ncn(CC(F)F)c4c3)c12. The van der Waals surface area contributed by atoms with Crippen LogP contribution >= 0.6 is 0 Å². The van der Waals surface area contributed by atoms with Gasteiger partial charge in [-0.25, -0.2) is 35.8 Å². The van der Waals surface area contributed by atoms with Crippen molar-refractivity contribution in [2.75, 3.05) is 32.5 Å². The van der Waals surface area contributed by atoms with E-state index >= 15 is 4.39 Å². The van der Waals surface area contributed by atoms with Crippen molar-refractivity contribution in [2.45, 2.75) is 31.4 Å². The number of rotatable bonds is 6. The van der Waals surface area contributed by atoms with Crippen LogP contribution in [0, 0.1) is 11.6 Å². The molecule has 1 saturated heterocycles. The summed E-state index contributed by atoms with van der Waals surface area (Å²) in [5, 5.41) is 6.50. The van der Waals surface area contributed by atoms with Crippen LogP contribution in [0.2, 0.25) is 0 Å². The molecule has 192 valence electrons. The summed E-state index contributed by atoms with van der Waals surface area (Å²) in [7, 11) is -1.55. The van der Waals surface area contributed by atoms with Crippen LogP contribution in [0.1, 0.15) is 10.5 Å². The highest BCUT2D eigenvalue weighted by Crippen LogP contribution is 2.37. The Labute approximate surface area is 204 Å². The van der Waals surface area contributed by atoms with Gasteiger partial charge in [-0.1, -0.05) is 0 Å². The minimum Gasteiger partial charge on any atom is -0.479 e. The highest BCUT2D eigenvalue weighted by atomic mass is 19.3. The van der Waals surface area contributed by atoms with Crippen LogP contribution in [0.15, 0.2) is 24.7 Å². The van der Waals surface area contributed by atoms with Crippen LogP contribution < -0.4 is 10.1 Å². The first-order chi connectivity index (χ1) is 18.2. The minimum absolute atomic E-state index is 0.0111. The number of piperidine rings is 1. The summed E-state index contributed by atoms with van der Waals surface area (Å²) in [5.41, 5.74) is -1.20. The van der Waals surface area contributed by atoms with Gasteiger partial charge in [-0.05, 0) is 31.2 Å². The molecule has 3 aromatic heterocycles. The number of imidazole rings is 1. The Morgan fingerprint density at radius 3 is 2.81 bits per heavy atom. The molecule has 1 N–H and O–H groups in total. The molecule has 4 aromatic rings. The number of methoxy groups -OCH3 is 1. The van der Waals surface area contributed by atoms with Gasteiger partial charge in [-0.2, -0.15) is 4.98 Å². The number of hydrogen-bond acceptors (Lipinski definition) is 6. The molecule has 1 atom stereocenters. The highest BCUT2D eigenvalue weighted by molar-refractivity contribution is 5.90. The number of alkyl halides is 4. The standard InChI is InChI=1S/C22H21F6N7O/c1-33-4-3-15(22(27,28)9-33)30-21-31-20(36-2)19-17(13(24)7-35(19)32-21)11-5-12(23)18-14(6-11)34(10-29-18)8-16(25)26/h5-7,10,15-16H,3-4,8-9H2,1-2H3,(H,30,32)/i2D3. The molecule has 1 unspecified atom stereocenters. The number of benzene rings is 1. The molecule has 8 nitrogen and oxygen atoms in total. The summed E-state index contributed by atoms with van der Waals surface area (Å²) in [5.74, 6) is -6.28. The van der Waals surface area contributed by atoms with E-state index in [0.29, 0.717) is 6.54 Å². The van der Waals surface area contributed by atoms with Crippen molar-refractivity contribution in [1.82, 2.24) is 29.0 Å². The maximum atomic E-state index is 15.3. The Balaban J connectivity index is 1.65. The van der Waals surface area contributed by atoms with E-state index in [1.165, 1.54) is 11.0 Å². The van der Waals surface area contributed by atoms with Gasteiger partial charge in [-0.3, -0.25) is 0 Å². The summed E-state index contributed by atoms with van der Waals surface area (Å²) in [6.45, 7) is -0.998. The first kappa shape index (κ1) is 20.6. The molecule has 0 bridgehead atoms. The van der Waals surface area contributed by atoms with Gasteiger partial charge in [-0.15, -0.1) is 5.10 Å². The van der Waals surface area contributed by atoms with Crippen molar-refractivity contribution in [3.8, 4) is 17.0 Å². The average Bonchev–Trinajstić information content (AvgIpc) is 3.34. The molecule has 36 heavy (non-hydrogen) atoms. The van der Waals surface area contributed by atoms with Gasteiger partial charge in [0.1, 0.15) is 11.0 Å². The summed E-state index contributed by atoms with van der Waals surface area (Å²) in [4.78, 5) is 9.18. The van der Waals surface area contributed by atoms with E-state index in [1.54, 1.807) is 7.05 Å². The summed E-state index contributed by atoms with van der Waals surface area (Å²) in [6, 6.07) is 0.694. The topological polar surface area (TPSA) is 72.5 Å². The van der Waals surface area contributed by atoms with Gasteiger partial charge in [0.25, 0.3) is 12.3 Å². The fourth-order valence-electron chi connectivity index (χ4n) is 4.43. The third-order valence-corrected chi connectivity index (χ3v) is 6.05. The van der Waals surface area contributed by atoms with Crippen molar-refractivity contribution in [3.63, 3.8) is 0 Å². The zero-order valence-electron chi connectivity index (χ0n) is 21.7. The molecule has 0 aliphatic carbocycles. The molecule has 5 rings (SSSR count). The molecule has 0 radical (unpaired) electrons. The van der Waals surface area contributed by atoms with Gasteiger partial charge >= 0.3 is 0 Å². The van der Waals surface area contributed by atoms with E-state index in [-0.39, 0.29) is 28.5 Å². The number of anilines is 1. The zero-order valence-corrected chi connectivity index (χ0v) is 18.7. The van der Waals surface area contributed by atoms with Gasteiger partial charge in [0.05, 0.1) is 53.9 Å². The third kappa shape index (κ3) is 4.18. The fourth-order valence-corrected chi connectivity index (χ4v) is 4.43. The van der Waals surface area contributed by atoms with E-state index in [1.807, 2.05) is 0 Å². The monoisotopic (exact) mass is 516 g/mol. The van der Waals surface area contributed by atoms with Crippen molar-refractivity contribution >= 4 is 22.5 Å². The first-order valence-electron chi connectivity index (χ1n) is 12.3.